The number of aromatic nitrogens is 2. The number of carboxylic acids is 1. The molecule has 0 spiro atoms. The van der Waals surface area contributed by atoms with E-state index in [1.807, 2.05) is 6.92 Å². The Bertz CT molecular complexity index is 546. The van der Waals surface area contributed by atoms with Crippen molar-refractivity contribution in [2.75, 3.05) is 19.6 Å². The SMILES string of the molecule is CCNC(=O)C1CCN(C(=O)c2nc[nH]c2C(=O)O)CC1. The molecule has 1 aliphatic rings. The van der Waals surface area contributed by atoms with Crippen LogP contribution in [0.15, 0.2) is 6.33 Å². The second kappa shape index (κ2) is 6.38. The number of carboxylic acid groups (broad SMARTS) is 1. The summed E-state index contributed by atoms with van der Waals surface area (Å²) < 4.78 is 0. The van der Waals surface area contributed by atoms with E-state index in [1.54, 1.807) is 4.90 Å². The van der Waals surface area contributed by atoms with Gasteiger partial charge in [0.2, 0.25) is 5.91 Å². The van der Waals surface area contributed by atoms with E-state index >= 15 is 0 Å². The van der Waals surface area contributed by atoms with Gasteiger partial charge in [-0.3, -0.25) is 9.59 Å². The van der Waals surface area contributed by atoms with Crippen LogP contribution in [0.1, 0.15) is 40.7 Å². The summed E-state index contributed by atoms with van der Waals surface area (Å²) >= 11 is 0. The molecular formula is C13H18N4O4. The topological polar surface area (TPSA) is 115 Å². The zero-order valence-corrected chi connectivity index (χ0v) is 11.8. The average molecular weight is 294 g/mol. The number of piperidine rings is 1. The zero-order chi connectivity index (χ0) is 15.4. The number of imidazole rings is 1. The van der Waals surface area contributed by atoms with Crippen LogP contribution in [0, 0.1) is 5.92 Å². The minimum absolute atomic E-state index is 0.00981. The van der Waals surface area contributed by atoms with Crippen molar-refractivity contribution in [3.05, 3.63) is 17.7 Å². The van der Waals surface area contributed by atoms with Gasteiger partial charge in [0.1, 0.15) is 0 Å². The first-order chi connectivity index (χ1) is 10.0. The van der Waals surface area contributed by atoms with Gasteiger partial charge < -0.3 is 20.3 Å². The molecule has 0 aromatic carbocycles. The summed E-state index contributed by atoms with van der Waals surface area (Å²) in [5.74, 6) is -1.71. The van der Waals surface area contributed by atoms with Crippen LogP contribution >= 0.6 is 0 Å². The first kappa shape index (κ1) is 15.0. The number of nitrogens with zero attached hydrogens (tertiary/aromatic N) is 2. The Labute approximate surface area is 121 Å². The minimum Gasteiger partial charge on any atom is -0.477 e. The Balaban J connectivity index is 1.99. The third-order valence-electron chi connectivity index (χ3n) is 3.56. The second-order valence-corrected chi connectivity index (χ2v) is 4.89. The average Bonchev–Trinajstić information content (AvgIpc) is 2.96. The molecule has 0 radical (unpaired) electrons. The highest BCUT2D eigenvalue weighted by Crippen LogP contribution is 2.19. The van der Waals surface area contributed by atoms with Crippen molar-refractivity contribution < 1.29 is 19.5 Å². The molecule has 1 saturated heterocycles. The maximum absolute atomic E-state index is 12.3. The second-order valence-electron chi connectivity index (χ2n) is 4.89. The summed E-state index contributed by atoms with van der Waals surface area (Å²) in [6, 6.07) is 0. The van der Waals surface area contributed by atoms with Crippen molar-refractivity contribution in [3.8, 4) is 0 Å². The molecule has 1 aliphatic heterocycles. The normalized spacial score (nSPS) is 15.8. The summed E-state index contributed by atoms with van der Waals surface area (Å²) in [4.78, 5) is 42.8. The molecule has 0 bridgehead atoms. The molecule has 21 heavy (non-hydrogen) atoms. The minimum atomic E-state index is -1.21. The van der Waals surface area contributed by atoms with Crippen LogP contribution in [0.4, 0.5) is 0 Å². The monoisotopic (exact) mass is 294 g/mol. The number of H-pyrrole nitrogens is 1. The standard InChI is InChI=1S/C13H18N4O4/c1-2-14-11(18)8-3-5-17(6-4-8)12(19)9-10(13(20)21)16-7-15-9/h7-8H,2-6H2,1H3,(H,14,18)(H,15,16)(H,20,21). The van der Waals surface area contributed by atoms with Gasteiger partial charge in [0, 0.05) is 25.6 Å². The molecule has 8 heteroatoms. The number of carbonyl (C=O) groups excluding carboxylic acids is 2. The maximum Gasteiger partial charge on any atom is 0.354 e. The van der Waals surface area contributed by atoms with Gasteiger partial charge in [0.25, 0.3) is 5.91 Å². The van der Waals surface area contributed by atoms with Crippen LogP contribution in [0.25, 0.3) is 0 Å². The molecule has 0 aliphatic carbocycles. The van der Waals surface area contributed by atoms with Crippen molar-refractivity contribution in [3.63, 3.8) is 0 Å². The first-order valence-corrected chi connectivity index (χ1v) is 6.88. The van der Waals surface area contributed by atoms with E-state index in [9.17, 15) is 14.4 Å². The highest BCUT2D eigenvalue weighted by atomic mass is 16.4. The van der Waals surface area contributed by atoms with Crippen LogP contribution in [0.5, 0.6) is 0 Å². The fourth-order valence-electron chi connectivity index (χ4n) is 2.43. The van der Waals surface area contributed by atoms with E-state index in [0.717, 1.165) is 0 Å². The molecule has 2 heterocycles. The molecule has 0 atom stereocenters. The molecule has 0 unspecified atom stereocenters. The third kappa shape index (κ3) is 3.21. The van der Waals surface area contributed by atoms with Gasteiger partial charge in [-0.25, -0.2) is 9.78 Å². The lowest BCUT2D eigenvalue weighted by molar-refractivity contribution is -0.126. The Kier molecular flexibility index (Phi) is 4.56. The summed E-state index contributed by atoms with van der Waals surface area (Å²) in [7, 11) is 0. The third-order valence-corrected chi connectivity index (χ3v) is 3.56. The van der Waals surface area contributed by atoms with Crippen LogP contribution in [0.3, 0.4) is 0 Å². The highest BCUT2D eigenvalue weighted by molar-refractivity contribution is 6.02. The van der Waals surface area contributed by atoms with Crippen molar-refractivity contribution in [1.82, 2.24) is 20.2 Å². The van der Waals surface area contributed by atoms with Crippen molar-refractivity contribution in [1.29, 1.82) is 0 Å². The summed E-state index contributed by atoms with van der Waals surface area (Å²) in [5, 5.41) is 11.8. The van der Waals surface area contributed by atoms with Gasteiger partial charge >= 0.3 is 5.97 Å². The lowest BCUT2D eigenvalue weighted by Gasteiger charge is -2.30. The van der Waals surface area contributed by atoms with E-state index in [4.69, 9.17) is 5.11 Å². The Morgan fingerprint density at radius 2 is 2.10 bits per heavy atom. The molecule has 0 saturated carbocycles. The molecule has 3 N–H and O–H groups in total. The quantitative estimate of drug-likeness (QED) is 0.728. The summed E-state index contributed by atoms with van der Waals surface area (Å²) in [6.07, 6.45) is 2.34. The number of hydrogen-bond acceptors (Lipinski definition) is 4. The number of carbonyl (C=O) groups is 3. The van der Waals surface area contributed by atoms with Gasteiger partial charge in [-0.05, 0) is 19.8 Å². The Morgan fingerprint density at radius 3 is 2.67 bits per heavy atom. The fourth-order valence-corrected chi connectivity index (χ4v) is 2.43. The number of hydrogen-bond donors (Lipinski definition) is 3. The zero-order valence-electron chi connectivity index (χ0n) is 11.8. The summed E-state index contributed by atoms with van der Waals surface area (Å²) in [6.45, 7) is 3.30. The van der Waals surface area contributed by atoms with Crippen molar-refractivity contribution in [2.45, 2.75) is 19.8 Å². The number of amides is 2. The number of likely N-dealkylation sites (tertiary alicyclic amines) is 1. The highest BCUT2D eigenvalue weighted by Gasteiger charge is 2.30. The van der Waals surface area contributed by atoms with Gasteiger partial charge in [0.15, 0.2) is 11.4 Å². The molecule has 1 fully saturated rings. The van der Waals surface area contributed by atoms with Crippen LogP contribution < -0.4 is 5.32 Å². The van der Waals surface area contributed by atoms with Gasteiger partial charge in [-0.15, -0.1) is 0 Å². The van der Waals surface area contributed by atoms with Gasteiger partial charge in [0.05, 0.1) is 6.33 Å². The van der Waals surface area contributed by atoms with E-state index < -0.39 is 11.9 Å². The van der Waals surface area contributed by atoms with Crippen LogP contribution in [-0.2, 0) is 4.79 Å². The van der Waals surface area contributed by atoms with Gasteiger partial charge in [-0.1, -0.05) is 0 Å². The smallest absolute Gasteiger partial charge is 0.354 e. The molecule has 2 amide bonds. The van der Waals surface area contributed by atoms with Crippen molar-refractivity contribution in [2.24, 2.45) is 5.92 Å². The van der Waals surface area contributed by atoms with Crippen LogP contribution in [0.2, 0.25) is 0 Å². The molecule has 2 rings (SSSR count). The number of rotatable bonds is 4. The van der Waals surface area contributed by atoms with Gasteiger partial charge in [-0.2, -0.15) is 0 Å². The first-order valence-electron chi connectivity index (χ1n) is 6.88. The van der Waals surface area contributed by atoms with E-state index in [1.165, 1.54) is 6.33 Å². The lowest BCUT2D eigenvalue weighted by atomic mass is 9.95. The Hall–Kier alpha value is -2.38. The summed E-state index contributed by atoms with van der Waals surface area (Å²) in [5.41, 5.74) is -0.287. The predicted octanol–water partition coefficient (Wildman–Crippen LogP) is 0.0962. The fraction of sp³-hybridized carbons (Fsp3) is 0.538. The lowest BCUT2D eigenvalue weighted by Crippen LogP contribution is -2.43. The number of aromatic carboxylic acids is 1. The van der Waals surface area contributed by atoms with Crippen molar-refractivity contribution >= 4 is 17.8 Å². The molecule has 8 nitrogen and oxygen atoms in total. The molecular weight excluding hydrogens is 276 g/mol. The van der Waals surface area contributed by atoms with E-state index in [0.29, 0.717) is 32.5 Å². The largest absolute Gasteiger partial charge is 0.477 e. The molecule has 114 valence electrons. The van der Waals surface area contributed by atoms with E-state index in [-0.39, 0.29) is 23.2 Å². The number of aromatic amines is 1. The van der Waals surface area contributed by atoms with Crippen LogP contribution in [-0.4, -0.2) is 57.4 Å². The predicted molar refractivity (Wildman–Crippen MR) is 72.9 cm³/mol. The number of nitrogens with one attached hydrogen (secondary N) is 2. The Morgan fingerprint density at radius 1 is 1.43 bits per heavy atom. The molecule has 1 aromatic heterocycles. The maximum atomic E-state index is 12.3. The van der Waals surface area contributed by atoms with E-state index in [2.05, 4.69) is 15.3 Å². The molecule has 1 aromatic rings.